The van der Waals surface area contributed by atoms with Gasteiger partial charge in [0.05, 0.1) is 6.61 Å². The molecule has 0 aliphatic carbocycles. The van der Waals surface area contributed by atoms with Crippen LogP contribution in [0.15, 0.2) is 42.5 Å². The average molecular weight is 357 g/mol. The van der Waals surface area contributed by atoms with Gasteiger partial charge in [-0.3, -0.25) is 4.79 Å². The number of aliphatic hydroxyl groups is 1. The monoisotopic (exact) mass is 357 g/mol. The van der Waals surface area contributed by atoms with E-state index in [1.807, 2.05) is 42.5 Å². The van der Waals surface area contributed by atoms with E-state index in [4.69, 9.17) is 9.47 Å². The summed E-state index contributed by atoms with van der Waals surface area (Å²) < 4.78 is 11.3. The zero-order valence-corrected chi connectivity index (χ0v) is 15.5. The number of benzene rings is 2. The maximum atomic E-state index is 12.7. The fourth-order valence-electron chi connectivity index (χ4n) is 3.56. The Bertz CT molecular complexity index is 755. The summed E-state index contributed by atoms with van der Waals surface area (Å²) in [4.78, 5) is 14.4. The molecule has 0 saturated carbocycles. The predicted octanol–water partition coefficient (Wildman–Crippen LogP) is 2.85. The van der Waals surface area contributed by atoms with Gasteiger partial charge in [0.25, 0.3) is 5.91 Å². The number of hydrogen-bond acceptors (Lipinski definition) is 4. The first-order valence-electron chi connectivity index (χ1n) is 9.12. The smallest absolute Gasteiger partial charge is 0.263 e. The molecule has 5 heteroatoms. The van der Waals surface area contributed by atoms with Crippen LogP contribution in [0.4, 0.5) is 0 Å². The van der Waals surface area contributed by atoms with Crippen LogP contribution in [0.1, 0.15) is 19.8 Å². The Labute approximate surface area is 154 Å². The number of carbonyl (C=O) groups is 1. The summed E-state index contributed by atoms with van der Waals surface area (Å²) in [5, 5.41) is 12.0. The average Bonchev–Trinajstić information content (AvgIpc) is 2.68. The van der Waals surface area contributed by atoms with E-state index in [1.165, 1.54) is 0 Å². The van der Waals surface area contributed by atoms with E-state index in [-0.39, 0.29) is 17.9 Å². The third kappa shape index (κ3) is 4.17. The SMILES string of the molecule is C[C@@H](Oc1ccc2ccccc2c1)C(=O)N(C)CC1(CO)CCOCC1. The van der Waals surface area contributed by atoms with Crippen molar-refractivity contribution in [3.63, 3.8) is 0 Å². The van der Waals surface area contributed by atoms with Crippen LogP contribution in [0, 0.1) is 5.41 Å². The number of likely N-dealkylation sites (N-methyl/N-ethyl adjacent to an activating group) is 1. The van der Waals surface area contributed by atoms with Crippen LogP contribution in [0.2, 0.25) is 0 Å². The Morgan fingerprint density at radius 3 is 2.62 bits per heavy atom. The Balaban J connectivity index is 1.64. The lowest BCUT2D eigenvalue weighted by atomic mass is 9.80. The van der Waals surface area contributed by atoms with Crippen molar-refractivity contribution in [2.45, 2.75) is 25.9 Å². The van der Waals surface area contributed by atoms with Gasteiger partial charge in [-0.05, 0) is 42.7 Å². The molecule has 140 valence electrons. The van der Waals surface area contributed by atoms with Crippen LogP contribution >= 0.6 is 0 Å². The first kappa shape index (κ1) is 18.7. The largest absolute Gasteiger partial charge is 0.481 e. The van der Waals surface area contributed by atoms with Crippen molar-refractivity contribution in [3.05, 3.63) is 42.5 Å². The second-order valence-electron chi connectivity index (χ2n) is 7.23. The van der Waals surface area contributed by atoms with Gasteiger partial charge >= 0.3 is 0 Å². The molecule has 0 aromatic heterocycles. The van der Waals surface area contributed by atoms with Crippen molar-refractivity contribution in [2.24, 2.45) is 5.41 Å². The fraction of sp³-hybridized carbons (Fsp3) is 0.476. The molecule has 1 saturated heterocycles. The van der Waals surface area contributed by atoms with E-state index in [0.717, 1.165) is 23.6 Å². The number of nitrogens with zero attached hydrogens (tertiary/aromatic N) is 1. The molecule has 0 spiro atoms. The number of fused-ring (bicyclic) bond motifs is 1. The highest BCUT2D eigenvalue weighted by molar-refractivity contribution is 5.84. The third-order valence-corrected chi connectivity index (χ3v) is 5.22. The van der Waals surface area contributed by atoms with Gasteiger partial charge in [-0.1, -0.05) is 30.3 Å². The molecule has 26 heavy (non-hydrogen) atoms. The number of rotatable bonds is 6. The Morgan fingerprint density at radius 2 is 1.92 bits per heavy atom. The van der Waals surface area contributed by atoms with Gasteiger partial charge in [-0.25, -0.2) is 0 Å². The Morgan fingerprint density at radius 1 is 1.23 bits per heavy atom. The number of amides is 1. The van der Waals surface area contributed by atoms with E-state index in [1.54, 1.807) is 18.9 Å². The zero-order chi connectivity index (χ0) is 18.6. The quantitative estimate of drug-likeness (QED) is 0.864. The van der Waals surface area contributed by atoms with Crippen molar-refractivity contribution in [1.29, 1.82) is 0 Å². The van der Waals surface area contributed by atoms with Crippen LogP contribution < -0.4 is 4.74 Å². The summed E-state index contributed by atoms with van der Waals surface area (Å²) in [5.74, 6) is 0.596. The highest BCUT2D eigenvalue weighted by Gasteiger charge is 2.35. The molecular weight excluding hydrogens is 330 g/mol. The van der Waals surface area contributed by atoms with E-state index >= 15 is 0 Å². The maximum Gasteiger partial charge on any atom is 0.263 e. The van der Waals surface area contributed by atoms with Gasteiger partial charge in [0.1, 0.15) is 5.75 Å². The van der Waals surface area contributed by atoms with Gasteiger partial charge in [-0.2, -0.15) is 0 Å². The van der Waals surface area contributed by atoms with E-state index in [0.29, 0.717) is 25.5 Å². The minimum Gasteiger partial charge on any atom is -0.481 e. The lowest BCUT2D eigenvalue weighted by Crippen LogP contribution is -2.47. The third-order valence-electron chi connectivity index (χ3n) is 5.22. The number of carbonyl (C=O) groups excluding carboxylic acids is 1. The van der Waals surface area contributed by atoms with Crippen molar-refractivity contribution in [3.8, 4) is 5.75 Å². The molecule has 0 bridgehead atoms. The van der Waals surface area contributed by atoms with E-state index < -0.39 is 6.10 Å². The minimum absolute atomic E-state index is 0.0634. The van der Waals surface area contributed by atoms with Crippen LogP contribution in [-0.2, 0) is 9.53 Å². The fourth-order valence-corrected chi connectivity index (χ4v) is 3.56. The molecule has 1 fully saturated rings. The van der Waals surface area contributed by atoms with Crippen LogP contribution in [0.3, 0.4) is 0 Å². The second-order valence-corrected chi connectivity index (χ2v) is 7.23. The summed E-state index contributed by atoms with van der Waals surface area (Å²) in [6.07, 6.45) is 0.943. The molecule has 2 aromatic rings. The number of hydrogen-bond donors (Lipinski definition) is 1. The molecular formula is C21H27NO4. The summed E-state index contributed by atoms with van der Waals surface area (Å²) in [5.41, 5.74) is -0.272. The second kappa shape index (κ2) is 8.06. The van der Waals surface area contributed by atoms with Crippen LogP contribution in [-0.4, -0.2) is 55.4 Å². The lowest BCUT2D eigenvalue weighted by Gasteiger charge is -2.39. The van der Waals surface area contributed by atoms with Gasteiger partial charge in [-0.15, -0.1) is 0 Å². The van der Waals surface area contributed by atoms with Crippen molar-refractivity contribution in [1.82, 2.24) is 4.90 Å². The highest BCUT2D eigenvalue weighted by Crippen LogP contribution is 2.31. The maximum absolute atomic E-state index is 12.7. The Kier molecular flexibility index (Phi) is 5.79. The molecule has 0 unspecified atom stereocenters. The summed E-state index contributed by atoms with van der Waals surface area (Å²) in [6.45, 7) is 3.60. The first-order valence-corrected chi connectivity index (χ1v) is 9.12. The van der Waals surface area contributed by atoms with Crippen molar-refractivity contribution >= 4 is 16.7 Å². The van der Waals surface area contributed by atoms with Gasteiger partial charge in [0.15, 0.2) is 6.10 Å². The predicted molar refractivity (Wildman–Crippen MR) is 101 cm³/mol. The van der Waals surface area contributed by atoms with E-state index in [2.05, 4.69) is 0 Å². The standard InChI is InChI=1S/C21H27NO4/c1-16(26-19-8-7-17-5-3-4-6-18(17)13-19)20(24)22(2)14-21(15-23)9-11-25-12-10-21/h3-8,13,16,23H,9-12,14-15H2,1-2H3/t16-/m1/s1. The molecule has 2 aromatic carbocycles. The minimum atomic E-state index is -0.586. The molecule has 1 aliphatic heterocycles. The molecule has 5 nitrogen and oxygen atoms in total. The first-order chi connectivity index (χ1) is 12.5. The molecule has 1 aliphatic rings. The topological polar surface area (TPSA) is 59.0 Å². The molecule has 1 amide bonds. The van der Waals surface area contributed by atoms with E-state index in [9.17, 15) is 9.90 Å². The molecule has 1 heterocycles. The summed E-state index contributed by atoms with van der Waals surface area (Å²) >= 11 is 0. The van der Waals surface area contributed by atoms with Crippen molar-refractivity contribution in [2.75, 3.05) is 33.4 Å². The summed E-state index contributed by atoms with van der Waals surface area (Å²) in [6, 6.07) is 13.9. The van der Waals surface area contributed by atoms with Gasteiger partial charge < -0.3 is 19.5 Å². The molecule has 3 rings (SSSR count). The molecule has 1 N–H and O–H groups in total. The van der Waals surface area contributed by atoms with Crippen molar-refractivity contribution < 1.29 is 19.4 Å². The molecule has 1 atom stereocenters. The zero-order valence-electron chi connectivity index (χ0n) is 15.5. The van der Waals surface area contributed by atoms with Crippen LogP contribution in [0.5, 0.6) is 5.75 Å². The highest BCUT2D eigenvalue weighted by atomic mass is 16.5. The van der Waals surface area contributed by atoms with Crippen LogP contribution in [0.25, 0.3) is 10.8 Å². The summed E-state index contributed by atoms with van der Waals surface area (Å²) in [7, 11) is 1.77. The number of aliphatic hydroxyl groups excluding tert-OH is 1. The lowest BCUT2D eigenvalue weighted by molar-refractivity contribution is -0.140. The molecule has 0 radical (unpaired) electrons. The normalized spacial score (nSPS) is 17.7. The van der Waals surface area contributed by atoms with Gasteiger partial charge in [0.2, 0.25) is 0 Å². The Hall–Kier alpha value is -2.11. The van der Waals surface area contributed by atoms with Gasteiger partial charge in [0, 0.05) is 32.2 Å². The number of ether oxygens (including phenoxy) is 2.